The minimum atomic E-state index is 0.167. The molecule has 1 aromatic rings. The monoisotopic (exact) mass is 414 g/mol. The summed E-state index contributed by atoms with van der Waals surface area (Å²) in [6.07, 6.45) is 16.3. The molecule has 0 aromatic heterocycles. The van der Waals surface area contributed by atoms with Gasteiger partial charge in [0.1, 0.15) is 0 Å². The van der Waals surface area contributed by atoms with Gasteiger partial charge in [-0.1, -0.05) is 50.7 Å². The lowest BCUT2D eigenvalue weighted by Gasteiger charge is -2.31. The number of nitrogens with zero attached hydrogens (tertiary/aromatic N) is 2. The largest absolute Gasteiger partial charge is 0.284 e. The van der Waals surface area contributed by atoms with Gasteiger partial charge in [0.2, 0.25) is 0 Å². The first kappa shape index (κ1) is 20.1. The Balaban J connectivity index is 1.60. The van der Waals surface area contributed by atoms with Crippen LogP contribution in [0.15, 0.2) is 39.1 Å². The molecule has 2 saturated carbocycles. The number of hydrogen-bond acceptors (Lipinski definition) is 4. The Labute approximate surface area is 177 Å². The van der Waals surface area contributed by atoms with Crippen molar-refractivity contribution in [1.29, 1.82) is 0 Å². The lowest BCUT2D eigenvalue weighted by Crippen LogP contribution is -2.41. The fraction of sp³-hybridized carbons (Fsp3) is 0.565. The van der Waals surface area contributed by atoms with E-state index in [1.54, 1.807) is 23.5 Å². The molecular formula is C23H30N2OS2. The average Bonchev–Trinajstić information content (AvgIpc) is 3.04. The topological polar surface area (TPSA) is 32.7 Å². The van der Waals surface area contributed by atoms with Crippen LogP contribution >= 0.6 is 23.5 Å². The predicted octanol–water partition coefficient (Wildman–Crippen LogP) is 6.35. The van der Waals surface area contributed by atoms with Crippen LogP contribution in [0.25, 0.3) is 6.08 Å². The maximum Gasteiger partial charge on any atom is 0.266 e. The molecule has 5 heteroatoms. The van der Waals surface area contributed by atoms with Crippen molar-refractivity contribution in [1.82, 2.24) is 4.90 Å². The molecule has 3 fully saturated rings. The first-order chi connectivity index (χ1) is 13.7. The highest BCUT2D eigenvalue weighted by atomic mass is 32.2. The van der Waals surface area contributed by atoms with Gasteiger partial charge in [0.05, 0.1) is 10.9 Å². The average molecular weight is 415 g/mol. The summed E-state index contributed by atoms with van der Waals surface area (Å²) in [6.45, 7) is 0. The van der Waals surface area contributed by atoms with Crippen molar-refractivity contribution in [2.24, 2.45) is 4.99 Å². The molecule has 1 heterocycles. The lowest BCUT2D eigenvalue weighted by atomic mass is 9.94. The lowest BCUT2D eigenvalue weighted by molar-refractivity contribution is -0.124. The smallest absolute Gasteiger partial charge is 0.266 e. The molecule has 0 bridgehead atoms. The highest BCUT2D eigenvalue weighted by molar-refractivity contribution is 8.18. The molecule has 0 spiro atoms. The summed E-state index contributed by atoms with van der Waals surface area (Å²) < 4.78 is 0. The van der Waals surface area contributed by atoms with E-state index in [1.165, 1.54) is 56.3 Å². The number of carbonyl (C=O) groups excluding carboxylic acids is 1. The second-order valence-electron chi connectivity index (χ2n) is 8.05. The van der Waals surface area contributed by atoms with E-state index >= 15 is 0 Å². The highest BCUT2D eigenvalue weighted by Crippen LogP contribution is 2.38. The van der Waals surface area contributed by atoms with E-state index in [1.807, 2.05) is 0 Å². The Kier molecular flexibility index (Phi) is 6.84. The van der Waals surface area contributed by atoms with Gasteiger partial charge in [-0.3, -0.25) is 14.7 Å². The molecule has 2 aliphatic carbocycles. The summed E-state index contributed by atoms with van der Waals surface area (Å²) in [5.74, 6) is 0.167. The number of thioether (sulfide) groups is 2. The Bertz CT molecular complexity index is 744. The number of amidine groups is 1. The zero-order valence-electron chi connectivity index (χ0n) is 16.7. The van der Waals surface area contributed by atoms with Gasteiger partial charge in [-0.2, -0.15) is 0 Å². The molecule has 3 nitrogen and oxygen atoms in total. The number of aliphatic imine (C=N–C) groups is 1. The van der Waals surface area contributed by atoms with E-state index in [9.17, 15) is 4.79 Å². The van der Waals surface area contributed by atoms with E-state index in [4.69, 9.17) is 4.99 Å². The predicted molar refractivity (Wildman–Crippen MR) is 122 cm³/mol. The molecule has 28 heavy (non-hydrogen) atoms. The molecule has 3 aliphatic rings. The van der Waals surface area contributed by atoms with E-state index in [0.29, 0.717) is 12.1 Å². The highest BCUT2D eigenvalue weighted by Gasteiger charge is 2.39. The van der Waals surface area contributed by atoms with Crippen LogP contribution in [0, 0.1) is 0 Å². The molecule has 0 N–H and O–H groups in total. The van der Waals surface area contributed by atoms with Crippen molar-refractivity contribution < 1.29 is 4.79 Å². The molecule has 0 unspecified atom stereocenters. The first-order valence-corrected chi connectivity index (χ1v) is 12.7. The van der Waals surface area contributed by atoms with Gasteiger partial charge in [0.25, 0.3) is 5.91 Å². The second-order valence-corrected chi connectivity index (χ2v) is 9.94. The van der Waals surface area contributed by atoms with Gasteiger partial charge in [0, 0.05) is 10.9 Å². The van der Waals surface area contributed by atoms with E-state index in [0.717, 1.165) is 28.5 Å². The van der Waals surface area contributed by atoms with Gasteiger partial charge in [-0.25, -0.2) is 0 Å². The molecule has 1 aliphatic heterocycles. The van der Waals surface area contributed by atoms with Crippen LogP contribution in [0.1, 0.15) is 69.8 Å². The summed E-state index contributed by atoms with van der Waals surface area (Å²) in [5, 5.41) is 0.968. The number of hydrogen-bond donors (Lipinski definition) is 0. The summed E-state index contributed by atoms with van der Waals surface area (Å²) in [6, 6.07) is 9.19. The minimum absolute atomic E-state index is 0.167. The van der Waals surface area contributed by atoms with Gasteiger partial charge >= 0.3 is 0 Å². The van der Waals surface area contributed by atoms with Crippen LogP contribution in [0.5, 0.6) is 0 Å². The fourth-order valence-electron chi connectivity index (χ4n) is 4.46. The number of benzene rings is 1. The molecule has 150 valence electrons. The Hall–Kier alpha value is -1.20. The third kappa shape index (κ3) is 4.68. The van der Waals surface area contributed by atoms with Gasteiger partial charge in [0.15, 0.2) is 5.17 Å². The SMILES string of the molecule is CSc1ccc(C=C2SC(=NC3CCCCC3)N(C3CCCCC3)C2=O)cc1. The third-order valence-corrected chi connectivity index (χ3v) is 7.80. The van der Waals surface area contributed by atoms with Crippen LogP contribution in [0.2, 0.25) is 0 Å². The fourth-order valence-corrected chi connectivity index (χ4v) is 5.97. The summed E-state index contributed by atoms with van der Waals surface area (Å²) in [5.41, 5.74) is 1.09. The molecule has 4 rings (SSSR count). The van der Waals surface area contributed by atoms with Crippen LogP contribution in [-0.4, -0.2) is 34.3 Å². The third-order valence-electron chi connectivity index (χ3n) is 6.06. The van der Waals surface area contributed by atoms with Crippen molar-refractivity contribution in [2.75, 3.05) is 6.26 Å². The minimum Gasteiger partial charge on any atom is -0.284 e. The van der Waals surface area contributed by atoms with Gasteiger partial charge < -0.3 is 0 Å². The molecule has 0 radical (unpaired) electrons. The second kappa shape index (κ2) is 9.53. The summed E-state index contributed by atoms with van der Waals surface area (Å²) in [7, 11) is 0. The Morgan fingerprint density at radius 3 is 2.29 bits per heavy atom. The van der Waals surface area contributed by atoms with E-state index < -0.39 is 0 Å². The normalized spacial score (nSPS) is 25.2. The van der Waals surface area contributed by atoms with Crippen LogP contribution in [-0.2, 0) is 4.79 Å². The Morgan fingerprint density at radius 1 is 1.00 bits per heavy atom. The first-order valence-electron chi connectivity index (χ1n) is 10.7. The molecule has 1 amide bonds. The van der Waals surface area contributed by atoms with Crippen molar-refractivity contribution in [3.05, 3.63) is 34.7 Å². The molecular weight excluding hydrogens is 384 g/mol. The van der Waals surface area contributed by atoms with Crippen LogP contribution in [0.4, 0.5) is 0 Å². The van der Waals surface area contributed by atoms with Crippen LogP contribution < -0.4 is 0 Å². The molecule has 0 atom stereocenters. The van der Waals surface area contributed by atoms with Crippen molar-refractivity contribution in [3.8, 4) is 0 Å². The van der Waals surface area contributed by atoms with E-state index in [2.05, 4.69) is 41.5 Å². The van der Waals surface area contributed by atoms with Crippen molar-refractivity contribution in [3.63, 3.8) is 0 Å². The van der Waals surface area contributed by atoms with Gasteiger partial charge in [-0.05, 0) is 67.5 Å². The standard InChI is InChI=1S/C23H30N2OS2/c1-27-20-14-12-17(13-15-20)16-21-22(26)25(19-10-6-3-7-11-19)23(28-21)24-18-8-4-2-5-9-18/h12-16,18-19H,2-11H2,1H3. The quantitative estimate of drug-likeness (QED) is 0.425. The summed E-state index contributed by atoms with van der Waals surface area (Å²) in [4.78, 5) is 22.6. The zero-order chi connectivity index (χ0) is 19.3. The maximum atomic E-state index is 13.3. The number of amides is 1. The summed E-state index contributed by atoms with van der Waals surface area (Å²) >= 11 is 3.34. The zero-order valence-corrected chi connectivity index (χ0v) is 18.4. The Morgan fingerprint density at radius 2 is 1.64 bits per heavy atom. The van der Waals surface area contributed by atoms with Crippen molar-refractivity contribution in [2.45, 2.75) is 81.2 Å². The number of rotatable bonds is 4. The van der Waals surface area contributed by atoms with E-state index in [-0.39, 0.29) is 5.91 Å². The number of carbonyl (C=O) groups is 1. The van der Waals surface area contributed by atoms with Gasteiger partial charge in [-0.15, -0.1) is 11.8 Å². The van der Waals surface area contributed by atoms with Crippen molar-refractivity contribution >= 4 is 40.7 Å². The molecule has 1 saturated heterocycles. The van der Waals surface area contributed by atoms with Crippen LogP contribution in [0.3, 0.4) is 0 Å². The maximum absolute atomic E-state index is 13.3. The molecule has 1 aromatic carbocycles.